The third kappa shape index (κ3) is 2.69. The number of fused-ring (bicyclic) bond motifs is 3. The molecule has 26 heavy (non-hydrogen) atoms. The smallest absolute Gasteiger partial charge is 0.337 e. The van der Waals surface area contributed by atoms with E-state index >= 15 is 0 Å². The molecule has 0 radical (unpaired) electrons. The number of carboxylic acids is 1. The highest BCUT2D eigenvalue weighted by molar-refractivity contribution is 6.04. The monoisotopic (exact) mass is 348 g/mol. The van der Waals surface area contributed by atoms with Crippen molar-refractivity contribution in [1.82, 2.24) is 4.57 Å². The third-order valence-electron chi connectivity index (χ3n) is 5.25. The van der Waals surface area contributed by atoms with Gasteiger partial charge >= 0.3 is 5.97 Å². The Morgan fingerprint density at radius 2 is 1.92 bits per heavy atom. The third-order valence-corrected chi connectivity index (χ3v) is 5.25. The minimum absolute atomic E-state index is 0.274. The van der Waals surface area contributed by atoms with E-state index in [-0.39, 0.29) is 5.56 Å². The summed E-state index contributed by atoms with van der Waals surface area (Å²) in [7, 11) is 0. The maximum Gasteiger partial charge on any atom is 0.337 e. The number of para-hydroxylation sites is 1. The van der Waals surface area contributed by atoms with E-state index in [0.29, 0.717) is 12.1 Å². The summed E-state index contributed by atoms with van der Waals surface area (Å²) < 4.78 is 2.09. The zero-order valence-electron chi connectivity index (χ0n) is 14.4. The van der Waals surface area contributed by atoms with Gasteiger partial charge in [0, 0.05) is 23.2 Å². The van der Waals surface area contributed by atoms with Crippen LogP contribution in [-0.2, 0) is 13.0 Å². The first-order chi connectivity index (χ1) is 12.7. The van der Waals surface area contributed by atoms with Crippen molar-refractivity contribution in [3.8, 4) is 0 Å². The van der Waals surface area contributed by atoms with Gasteiger partial charge in [0.25, 0.3) is 0 Å². The van der Waals surface area contributed by atoms with Crippen LogP contribution in [-0.4, -0.2) is 15.6 Å². The van der Waals surface area contributed by atoms with Gasteiger partial charge in [0.15, 0.2) is 0 Å². The highest BCUT2D eigenvalue weighted by atomic mass is 16.4. The molecule has 0 spiro atoms. The lowest BCUT2D eigenvalue weighted by molar-refractivity contribution is 0.0698. The van der Waals surface area contributed by atoms with Crippen LogP contribution in [0, 0.1) is 4.91 Å². The van der Waals surface area contributed by atoms with Gasteiger partial charge in [0.2, 0.25) is 0 Å². The van der Waals surface area contributed by atoms with Gasteiger partial charge in [-0.1, -0.05) is 54.1 Å². The van der Waals surface area contributed by atoms with Crippen LogP contribution in [0.15, 0.2) is 53.7 Å². The zero-order valence-corrected chi connectivity index (χ0v) is 14.4. The minimum atomic E-state index is -0.951. The van der Waals surface area contributed by atoms with Gasteiger partial charge in [0.05, 0.1) is 11.1 Å². The molecule has 0 aliphatic heterocycles. The predicted molar refractivity (Wildman–Crippen MR) is 101 cm³/mol. The maximum absolute atomic E-state index is 11.9. The Bertz CT molecular complexity index is 976. The average Bonchev–Trinajstić information content (AvgIpc) is 2.82. The number of nitroso groups, excluding NO2 is 1. The Labute approximate surface area is 151 Å². The quantitative estimate of drug-likeness (QED) is 0.537. The van der Waals surface area contributed by atoms with E-state index in [1.165, 1.54) is 0 Å². The molecular weight excluding hydrogens is 328 g/mol. The SMILES string of the molecule is O=NC1CCCCc2c1c1cccc(C(=O)O)c1n2Cc1ccccc1. The van der Waals surface area contributed by atoms with Crippen LogP contribution in [0.4, 0.5) is 0 Å². The van der Waals surface area contributed by atoms with Crippen LogP contribution in [0.1, 0.15) is 52.5 Å². The van der Waals surface area contributed by atoms with Crippen LogP contribution < -0.4 is 0 Å². The largest absolute Gasteiger partial charge is 0.478 e. The molecule has 1 unspecified atom stereocenters. The van der Waals surface area contributed by atoms with Crippen LogP contribution in [0.25, 0.3) is 10.9 Å². The number of aromatic carboxylic acids is 1. The van der Waals surface area contributed by atoms with Crippen molar-refractivity contribution in [1.29, 1.82) is 0 Å². The van der Waals surface area contributed by atoms with Crippen LogP contribution >= 0.6 is 0 Å². The molecule has 5 nitrogen and oxygen atoms in total. The molecule has 0 saturated carbocycles. The van der Waals surface area contributed by atoms with Gasteiger partial charge in [-0.05, 0) is 30.9 Å². The molecule has 1 aromatic heterocycles. The van der Waals surface area contributed by atoms with Gasteiger partial charge in [-0.15, -0.1) is 0 Å². The summed E-state index contributed by atoms with van der Waals surface area (Å²) in [5.41, 5.74) is 4.05. The first-order valence-corrected chi connectivity index (χ1v) is 8.94. The first kappa shape index (κ1) is 16.5. The lowest BCUT2D eigenvalue weighted by Crippen LogP contribution is -2.08. The van der Waals surface area contributed by atoms with Crippen molar-refractivity contribution >= 4 is 16.9 Å². The molecule has 1 aliphatic rings. The molecule has 132 valence electrons. The lowest BCUT2D eigenvalue weighted by atomic mass is 10.0. The summed E-state index contributed by atoms with van der Waals surface area (Å²) in [5, 5.41) is 13.9. The second-order valence-electron chi connectivity index (χ2n) is 6.81. The van der Waals surface area contributed by atoms with Crippen molar-refractivity contribution in [2.24, 2.45) is 5.18 Å². The second kappa shape index (κ2) is 6.75. The fraction of sp³-hybridized carbons (Fsp3) is 0.286. The van der Waals surface area contributed by atoms with E-state index < -0.39 is 12.0 Å². The van der Waals surface area contributed by atoms with Gasteiger partial charge in [0.1, 0.15) is 6.04 Å². The minimum Gasteiger partial charge on any atom is -0.478 e. The molecule has 4 rings (SSSR count). The van der Waals surface area contributed by atoms with E-state index in [4.69, 9.17) is 0 Å². The van der Waals surface area contributed by atoms with Crippen molar-refractivity contribution in [3.63, 3.8) is 0 Å². The Morgan fingerprint density at radius 3 is 2.65 bits per heavy atom. The molecule has 3 aromatic rings. The van der Waals surface area contributed by atoms with Crippen molar-refractivity contribution in [2.45, 2.75) is 38.3 Å². The highest BCUT2D eigenvalue weighted by Crippen LogP contribution is 2.40. The number of hydrogen-bond acceptors (Lipinski definition) is 3. The average molecular weight is 348 g/mol. The van der Waals surface area contributed by atoms with E-state index in [1.54, 1.807) is 12.1 Å². The van der Waals surface area contributed by atoms with E-state index in [1.807, 2.05) is 36.4 Å². The standard InChI is InChI=1S/C21H20N2O3/c24-21(25)16-10-6-9-15-19-17(22-26)11-4-5-12-18(19)23(20(15)16)13-14-7-2-1-3-8-14/h1-3,6-10,17H,4-5,11-13H2,(H,24,25). The molecule has 1 atom stereocenters. The maximum atomic E-state index is 11.9. The summed E-state index contributed by atoms with van der Waals surface area (Å²) >= 11 is 0. The van der Waals surface area contributed by atoms with E-state index in [9.17, 15) is 14.8 Å². The Balaban J connectivity index is 2.03. The number of benzene rings is 2. The number of hydrogen-bond donors (Lipinski definition) is 1. The summed E-state index contributed by atoms with van der Waals surface area (Å²) in [4.78, 5) is 23.4. The normalized spacial score (nSPS) is 16.8. The Hall–Kier alpha value is -2.95. The molecule has 1 aliphatic carbocycles. The second-order valence-corrected chi connectivity index (χ2v) is 6.81. The number of carbonyl (C=O) groups is 1. The lowest BCUT2D eigenvalue weighted by Gasteiger charge is -2.12. The summed E-state index contributed by atoms with van der Waals surface area (Å²) in [5.74, 6) is -0.951. The predicted octanol–water partition coefficient (Wildman–Crippen LogP) is 4.92. The fourth-order valence-corrected chi connectivity index (χ4v) is 4.12. The van der Waals surface area contributed by atoms with E-state index in [2.05, 4.69) is 9.74 Å². The summed E-state index contributed by atoms with van der Waals surface area (Å²) in [6.07, 6.45) is 3.49. The van der Waals surface area contributed by atoms with Gasteiger partial charge in [-0.3, -0.25) is 0 Å². The van der Waals surface area contributed by atoms with Crippen molar-refractivity contribution in [3.05, 3.63) is 75.8 Å². The molecule has 0 amide bonds. The van der Waals surface area contributed by atoms with Gasteiger partial charge in [-0.25, -0.2) is 4.79 Å². The molecule has 1 heterocycles. The zero-order chi connectivity index (χ0) is 18.1. The number of carboxylic acid groups (broad SMARTS) is 1. The molecular formula is C21H20N2O3. The van der Waals surface area contributed by atoms with Crippen molar-refractivity contribution in [2.75, 3.05) is 0 Å². The van der Waals surface area contributed by atoms with Crippen LogP contribution in [0.3, 0.4) is 0 Å². The van der Waals surface area contributed by atoms with Gasteiger partial charge in [-0.2, -0.15) is 4.91 Å². The molecule has 2 aromatic carbocycles. The molecule has 1 N–H and O–H groups in total. The molecule has 5 heteroatoms. The van der Waals surface area contributed by atoms with Gasteiger partial charge < -0.3 is 9.67 Å². The Morgan fingerprint density at radius 1 is 1.12 bits per heavy atom. The molecule has 0 fully saturated rings. The topological polar surface area (TPSA) is 71.7 Å². The number of rotatable bonds is 4. The summed E-state index contributed by atoms with van der Waals surface area (Å²) in [6.45, 7) is 0.586. The summed E-state index contributed by atoms with van der Waals surface area (Å²) in [6, 6.07) is 14.9. The van der Waals surface area contributed by atoms with Crippen molar-refractivity contribution < 1.29 is 9.90 Å². The molecule has 0 bridgehead atoms. The molecule has 0 saturated heterocycles. The first-order valence-electron chi connectivity index (χ1n) is 8.94. The fourth-order valence-electron chi connectivity index (χ4n) is 4.12. The number of aromatic nitrogens is 1. The Kier molecular flexibility index (Phi) is 4.29. The van der Waals surface area contributed by atoms with Crippen LogP contribution in [0.5, 0.6) is 0 Å². The van der Waals surface area contributed by atoms with Crippen LogP contribution in [0.2, 0.25) is 0 Å². The highest BCUT2D eigenvalue weighted by Gasteiger charge is 2.28. The van der Waals surface area contributed by atoms with E-state index in [0.717, 1.165) is 47.9 Å². The number of nitrogens with zero attached hydrogens (tertiary/aromatic N) is 2.